The standard InChI is InChI=1S/C14H18O5/c1-14(2,3)19-13(16)11(12(15)17-4)18-10-8-6-5-7-9-10/h5-9,11H,1-4H3/t11-/m0/s1. The molecule has 0 spiro atoms. The molecule has 0 aliphatic heterocycles. The number of hydrogen-bond donors (Lipinski definition) is 0. The molecule has 1 atom stereocenters. The molecule has 1 aromatic carbocycles. The van der Waals surface area contributed by atoms with Gasteiger partial charge in [0.1, 0.15) is 11.4 Å². The second kappa shape index (κ2) is 6.22. The van der Waals surface area contributed by atoms with Crippen molar-refractivity contribution in [3.8, 4) is 5.75 Å². The second-order valence-electron chi connectivity index (χ2n) is 4.87. The molecule has 5 nitrogen and oxygen atoms in total. The molecule has 1 rings (SSSR count). The topological polar surface area (TPSA) is 61.8 Å². The van der Waals surface area contributed by atoms with Crippen molar-refractivity contribution in [3.05, 3.63) is 30.3 Å². The van der Waals surface area contributed by atoms with Crippen LogP contribution in [0.4, 0.5) is 0 Å². The van der Waals surface area contributed by atoms with Gasteiger partial charge in [0.25, 0.3) is 6.10 Å². The lowest BCUT2D eigenvalue weighted by molar-refractivity contribution is -0.172. The van der Waals surface area contributed by atoms with E-state index in [0.29, 0.717) is 5.75 Å². The van der Waals surface area contributed by atoms with Gasteiger partial charge in [0.2, 0.25) is 0 Å². The molecule has 0 bridgehead atoms. The molecule has 0 aliphatic rings. The number of benzene rings is 1. The average molecular weight is 266 g/mol. The van der Waals surface area contributed by atoms with E-state index in [1.54, 1.807) is 51.1 Å². The Morgan fingerprint density at radius 3 is 2.11 bits per heavy atom. The van der Waals surface area contributed by atoms with E-state index in [2.05, 4.69) is 4.74 Å². The zero-order chi connectivity index (χ0) is 14.5. The largest absolute Gasteiger partial charge is 0.467 e. The molecule has 0 unspecified atom stereocenters. The van der Waals surface area contributed by atoms with Crippen molar-refractivity contribution in [1.82, 2.24) is 0 Å². The van der Waals surface area contributed by atoms with Crippen molar-refractivity contribution in [2.75, 3.05) is 7.11 Å². The minimum atomic E-state index is -1.42. The summed E-state index contributed by atoms with van der Waals surface area (Å²) in [5, 5.41) is 0. The van der Waals surface area contributed by atoms with Crippen molar-refractivity contribution in [1.29, 1.82) is 0 Å². The summed E-state index contributed by atoms with van der Waals surface area (Å²) in [6, 6.07) is 8.55. The van der Waals surface area contributed by atoms with Crippen molar-refractivity contribution in [2.24, 2.45) is 0 Å². The molecule has 0 amide bonds. The third-order valence-corrected chi connectivity index (χ3v) is 2.03. The van der Waals surface area contributed by atoms with Crippen LogP contribution in [0.25, 0.3) is 0 Å². The van der Waals surface area contributed by atoms with Gasteiger partial charge in [-0.15, -0.1) is 0 Å². The van der Waals surface area contributed by atoms with Crippen molar-refractivity contribution in [2.45, 2.75) is 32.5 Å². The van der Waals surface area contributed by atoms with Crippen LogP contribution in [-0.2, 0) is 19.1 Å². The van der Waals surface area contributed by atoms with Crippen LogP contribution in [0.5, 0.6) is 5.75 Å². The third kappa shape index (κ3) is 4.99. The molecule has 104 valence electrons. The summed E-state index contributed by atoms with van der Waals surface area (Å²) >= 11 is 0. The van der Waals surface area contributed by atoms with Crippen LogP contribution in [0.3, 0.4) is 0 Å². The average Bonchev–Trinajstić information content (AvgIpc) is 2.34. The molecule has 0 radical (unpaired) electrons. The highest BCUT2D eigenvalue weighted by Crippen LogP contribution is 2.15. The molecule has 0 aliphatic carbocycles. The summed E-state index contributed by atoms with van der Waals surface area (Å²) in [5.41, 5.74) is -0.705. The van der Waals surface area contributed by atoms with E-state index in [4.69, 9.17) is 9.47 Å². The smallest absolute Gasteiger partial charge is 0.359 e. The van der Waals surface area contributed by atoms with Gasteiger partial charge in [-0.2, -0.15) is 0 Å². The van der Waals surface area contributed by atoms with E-state index in [-0.39, 0.29) is 0 Å². The summed E-state index contributed by atoms with van der Waals surface area (Å²) in [6.45, 7) is 5.13. The van der Waals surface area contributed by atoms with Gasteiger partial charge in [0, 0.05) is 0 Å². The molecular weight excluding hydrogens is 248 g/mol. The molecule has 0 saturated heterocycles. The van der Waals surface area contributed by atoms with Gasteiger partial charge >= 0.3 is 11.9 Å². The fraction of sp³-hybridized carbons (Fsp3) is 0.429. The lowest BCUT2D eigenvalue weighted by Crippen LogP contribution is -2.41. The first kappa shape index (κ1) is 15.0. The van der Waals surface area contributed by atoms with E-state index in [0.717, 1.165) is 0 Å². The Kier molecular flexibility index (Phi) is 4.92. The number of methoxy groups -OCH3 is 1. The monoisotopic (exact) mass is 266 g/mol. The van der Waals surface area contributed by atoms with Crippen LogP contribution in [0, 0.1) is 0 Å². The summed E-state index contributed by atoms with van der Waals surface area (Å²) in [6.07, 6.45) is -1.42. The van der Waals surface area contributed by atoms with Gasteiger partial charge in [-0.1, -0.05) is 18.2 Å². The first-order valence-electron chi connectivity index (χ1n) is 5.86. The Morgan fingerprint density at radius 1 is 1.05 bits per heavy atom. The number of hydrogen-bond acceptors (Lipinski definition) is 5. The minimum absolute atomic E-state index is 0.392. The number of rotatable bonds is 4. The molecule has 1 aromatic rings. The van der Waals surface area contributed by atoms with Crippen LogP contribution in [0.2, 0.25) is 0 Å². The fourth-order valence-corrected chi connectivity index (χ4v) is 1.29. The van der Waals surface area contributed by atoms with Crippen LogP contribution < -0.4 is 4.74 Å². The molecule has 0 heterocycles. The second-order valence-corrected chi connectivity index (χ2v) is 4.87. The predicted octanol–water partition coefficient (Wildman–Crippen LogP) is 1.95. The van der Waals surface area contributed by atoms with Gasteiger partial charge < -0.3 is 14.2 Å². The summed E-state index contributed by atoms with van der Waals surface area (Å²) in [4.78, 5) is 23.5. The first-order chi connectivity index (χ1) is 8.83. The molecule has 19 heavy (non-hydrogen) atoms. The van der Waals surface area contributed by atoms with Gasteiger partial charge in [-0.25, -0.2) is 9.59 Å². The summed E-state index contributed by atoms with van der Waals surface area (Å²) in [5.74, 6) is -1.18. The van der Waals surface area contributed by atoms with E-state index < -0.39 is 23.6 Å². The number of carbonyl (C=O) groups is 2. The van der Waals surface area contributed by atoms with Crippen molar-refractivity contribution < 1.29 is 23.8 Å². The maximum absolute atomic E-state index is 11.9. The zero-order valence-electron chi connectivity index (χ0n) is 11.5. The summed E-state index contributed by atoms with van der Waals surface area (Å²) < 4.78 is 15.0. The quantitative estimate of drug-likeness (QED) is 0.615. The van der Waals surface area contributed by atoms with E-state index in [1.165, 1.54) is 7.11 Å². The Bertz CT molecular complexity index is 433. The highest BCUT2D eigenvalue weighted by Gasteiger charge is 2.34. The molecule has 0 aromatic heterocycles. The maximum atomic E-state index is 11.9. The lowest BCUT2D eigenvalue weighted by Gasteiger charge is -2.23. The number of carbonyl (C=O) groups excluding carboxylic acids is 2. The Balaban J connectivity index is 2.84. The van der Waals surface area contributed by atoms with Crippen molar-refractivity contribution >= 4 is 11.9 Å². The van der Waals surface area contributed by atoms with E-state index >= 15 is 0 Å². The molecule has 0 saturated carbocycles. The van der Waals surface area contributed by atoms with Crippen molar-refractivity contribution in [3.63, 3.8) is 0 Å². The molecule has 5 heteroatoms. The lowest BCUT2D eigenvalue weighted by atomic mass is 10.2. The van der Waals surface area contributed by atoms with Crippen LogP contribution >= 0.6 is 0 Å². The van der Waals surface area contributed by atoms with Gasteiger partial charge in [0.05, 0.1) is 7.11 Å². The van der Waals surface area contributed by atoms with E-state index in [1.807, 2.05) is 0 Å². The third-order valence-electron chi connectivity index (χ3n) is 2.03. The Hall–Kier alpha value is -2.04. The Labute approximate surface area is 112 Å². The Morgan fingerprint density at radius 2 is 1.63 bits per heavy atom. The van der Waals surface area contributed by atoms with Gasteiger partial charge in [-0.3, -0.25) is 0 Å². The number of esters is 2. The highest BCUT2D eigenvalue weighted by atomic mass is 16.6. The number of ether oxygens (including phenoxy) is 3. The molecule has 0 fully saturated rings. The van der Waals surface area contributed by atoms with Crippen LogP contribution in [-0.4, -0.2) is 30.8 Å². The molecular formula is C14H18O5. The SMILES string of the molecule is COC(=O)[C@H](Oc1ccccc1)C(=O)OC(C)(C)C. The van der Waals surface area contributed by atoms with Gasteiger partial charge in [0.15, 0.2) is 0 Å². The molecule has 0 N–H and O–H groups in total. The minimum Gasteiger partial charge on any atom is -0.467 e. The zero-order valence-corrected chi connectivity index (χ0v) is 11.5. The number of para-hydroxylation sites is 1. The first-order valence-corrected chi connectivity index (χ1v) is 5.86. The van der Waals surface area contributed by atoms with Crippen LogP contribution in [0.1, 0.15) is 20.8 Å². The van der Waals surface area contributed by atoms with E-state index in [9.17, 15) is 9.59 Å². The summed E-state index contributed by atoms with van der Waals surface area (Å²) in [7, 11) is 1.19. The fourth-order valence-electron chi connectivity index (χ4n) is 1.29. The van der Waals surface area contributed by atoms with Gasteiger partial charge in [-0.05, 0) is 32.9 Å². The predicted molar refractivity (Wildman–Crippen MR) is 68.7 cm³/mol. The maximum Gasteiger partial charge on any atom is 0.359 e. The van der Waals surface area contributed by atoms with Crippen LogP contribution in [0.15, 0.2) is 30.3 Å². The highest BCUT2D eigenvalue weighted by molar-refractivity contribution is 5.98. The normalized spacial score (nSPS) is 12.4.